The molecule has 4 rings (SSSR count). The number of aliphatic hydroxyl groups is 1. The van der Waals surface area contributed by atoms with Crippen LogP contribution in [-0.2, 0) is 32.8 Å². The zero-order chi connectivity index (χ0) is 19.9. The zero-order valence-electron chi connectivity index (χ0n) is 16.0. The molecule has 0 saturated carbocycles. The Balaban J connectivity index is 1.78. The number of carbonyl (C=O) groups is 2. The molecule has 0 spiro atoms. The van der Waals surface area contributed by atoms with Crippen molar-refractivity contribution in [1.82, 2.24) is 4.90 Å². The van der Waals surface area contributed by atoms with Crippen LogP contribution in [0, 0.1) is 5.92 Å². The summed E-state index contributed by atoms with van der Waals surface area (Å²) in [4.78, 5) is 26.7. The van der Waals surface area contributed by atoms with Crippen molar-refractivity contribution in [2.75, 3.05) is 13.2 Å². The summed E-state index contributed by atoms with van der Waals surface area (Å²) < 4.78 is 4.99. The maximum absolute atomic E-state index is 13.3. The van der Waals surface area contributed by atoms with E-state index in [-0.39, 0.29) is 24.5 Å². The average molecular weight is 383 g/mol. The van der Waals surface area contributed by atoms with E-state index >= 15 is 0 Å². The van der Waals surface area contributed by atoms with E-state index in [1.807, 2.05) is 12.2 Å². The van der Waals surface area contributed by atoms with Crippen molar-refractivity contribution in [1.29, 1.82) is 0 Å². The number of hydrogen-bond acceptors (Lipinski definition) is 5. The van der Waals surface area contributed by atoms with Gasteiger partial charge >= 0.3 is 5.97 Å². The molecule has 1 amide bonds. The van der Waals surface area contributed by atoms with Crippen molar-refractivity contribution in [2.24, 2.45) is 5.92 Å². The number of ether oxygens (including phenoxy) is 1. The Hall–Kier alpha value is -2.60. The highest BCUT2D eigenvalue weighted by atomic mass is 16.5. The zero-order valence-corrected chi connectivity index (χ0v) is 16.0. The summed E-state index contributed by atoms with van der Waals surface area (Å²) >= 11 is 0. The molecule has 1 saturated heterocycles. The van der Waals surface area contributed by atoms with Gasteiger partial charge in [-0.1, -0.05) is 12.2 Å². The summed E-state index contributed by atoms with van der Waals surface area (Å²) in [6.07, 6.45) is 9.78. The van der Waals surface area contributed by atoms with Gasteiger partial charge in [0.1, 0.15) is 12.3 Å². The maximum atomic E-state index is 13.3. The predicted molar refractivity (Wildman–Crippen MR) is 102 cm³/mol. The highest BCUT2D eigenvalue weighted by Crippen LogP contribution is 2.50. The van der Waals surface area contributed by atoms with Crippen LogP contribution in [0.5, 0.6) is 5.75 Å². The molecular formula is C22H25NO5. The van der Waals surface area contributed by atoms with Gasteiger partial charge in [0.05, 0.1) is 6.61 Å². The van der Waals surface area contributed by atoms with E-state index in [9.17, 15) is 19.8 Å². The van der Waals surface area contributed by atoms with Crippen molar-refractivity contribution in [2.45, 2.75) is 44.6 Å². The van der Waals surface area contributed by atoms with E-state index in [0.29, 0.717) is 12.1 Å². The van der Waals surface area contributed by atoms with Crippen LogP contribution in [0.3, 0.4) is 0 Å². The first-order valence-electron chi connectivity index (χ1n) is 9.88. The normalized spacial score (nSPS) is 25.9. The minimum Gasteiger partial charge on any atom is -0.508 e. The van der Waals surface area contributed by atoms with Gasteiger partial charge in [-0.05, 0) is 68.4 Å². The first-order chi connectivity index (χ1) is 13.5. The number of phenolic OH excluding ortho intramolecular Hbond substituents is 1. The Kier molecular flexibility index (Phi) is 4.75. The van der Waals surface area contributed by atoms with E-state index in [4.69, 9.17) is 4.74 Å². The number of amides is 1. The number of fused-ring (bicyclic) bond motifs is 2. The second-order valence-electron chi connectivity index (χ2n) is 7.62. The molecule has 1 aromatic carbocycles. The Morgan fingerprint density at radius 2 is 2.00 bits per heavy atom. The first-order valence-corrected chi connectivity index (χ1v) is 9.88. The van der Waals surface area contributed by atoms with Crippen LogP contribution in [0.4, 0.5) is 0 Å². The number of carbonyl (C=O) groups excluding carboxylic acids is 2. The molecule has 0 aromatic heterocycles. The molecule has 1 heterocycles. The number of aromatic hydroxyl groups is 1. The molecule has 1 aromatic rings. The Morgan fingerprint density at radius 3 is 2.71 bits per heavy atom. The third-order valence-corrected chi connectivity index (χ3v) is 5.98. The van der Waals surface area contributed by atoms with Crippen molar-refractivity contribution in [3.8, 4) is 5.75 Å². The summed E-state index contributed by atoms with van der Waals surface area (Å²) in [6.45, 7) is 1.67. The number of phenols is 1. The quantitative estimate of drug-likeness (QED) is 0.780. The van der Waals surface area contributed by atoms with Gasteiger partial charge in [-0.25, -0.2) is 0 Å². The van der Waals surface area contributed by atoms with Crippen LogP contribution in [-0.4, -0.2) is 40.1 Å². The van der Waals surface area contributed by atoms with Crippen LogP contribution in [0.2, 0.25) is 0 Å². The number of allylic oxidation sites excluding steroid dienone is 3. The summed E-state index contributed by atoms with van der Waals surface area (Å²) in [5.41, 5.74) is 1.06. The standard InChI is InChI=1S/C22H25NO5/c1-2-28-20(25)13-23-18-10-6-5-9-16(18)22(27,21(23)26)17-11-14-7-3-4-8-15(14)12-19(17)24/h5-6,10-12,16,24,27H,2-4,7-9,13H2,1H3. The number of nitrogens with zero attached hydrogens (tertiary/aromatic N) is 1. The monoisotopic (exact) mass is 383 g/mol. The van der Waals surface area contributed by atoms with Crippen molar-refractivity contribution in [3.63, 3.8) is 0 Å². The van der Waals surface area contributed by atoms with Crippen LogP contribution >= 0.6 is 0 Å². The molecular weight excluding hydrogens is 358 g/mol. The summed E-state index contributed by atoms with van der Waals surface area (Å²) in [5.74, 6) is -1.73. The average Bonchev–Trinajstić information content (AvgIpc) is 2.90. The van der Waals surface area contributed by atoms with E-state index in [1.54, 1.807) is 25.1 Å². The maximum Gasteiger partial charge on any atom is 0.326 e. The third-order valence-electron chi connectivity index (χ3n) is 5.98. The van der Waals surface area contributed by atoms with Gasteiger partial charge in [-0.3, -0.25) is 9.59 Å². The van der Waals surface area contributed by atoms with Gasteiger partial charge in [0.25, 0.3) is 5.91 Å². The molecule has 1 aliphatic heterocycles. The van der Waals surface area contributed by atoms with E-state index in [1.165, 1.54) is 4.90 Å². The molecule has 2 atom stereocenters. The number of rotatable bonds is 4. The number of esters is 1. The number of hydrogen-bond donors (Lipinski definition) is 2. The lowest BCUT2D eigenvalue weighted by Crippen LogP contribution is -2.42. The number of likely N-dealkylation sites (tertiary alicyclic amines) is 1. The fourth-order valence-corrected chi connectivity index (χ4v) is 4.63. The van der Waals surface area contributed by atoms with Crippen LogP contribution in [0.25, 0.3) is 0 Å². The Labute approximate surface area is 164 Å². The molecule has 3 aliphatic rings. The van der Waals surface area contributed by atoms with Gasteiger partial charge < -0.3 is 19.8 Å². The molecule has 148 valence electrons. The van der Waals surface area contributed by atoms with Crippen LogP contribution in [0.1, 0.15) is 42.9 Å². The SMILES string of the molecule is CCOC(=O)CN1C(=O)C(O)(c2cc3c(cc2O)CCCC3)C2CC=CC=C21. The smallest absolute Gasteiger partial charge is 0.326 e. The summed E-state index contributed by atoms with van der Waals surface area (Å²) in [6, 6.07) is 3.47. The largest absolute Gasteiger partial charge is 0.508 e. The fraction of sp³-hybridized carbons (Fsp3) is 0.455. The van der Waals surface area contributed by atoms with Gasteiger partial charge in [0, 0.05) is 17.2 Å². The topological polar surface area (TPSA) is 87.1 Å². The van der Waals surface area contributed by atoms with Gasteiger partial charge in [-0.2, -0.15) is 0 Å². The molecule has 28 heavy (non-hydrogen) atoms. The molecule has 1 fully saturated rings. The van der Waals surface area contributed by atoms with E-state index < -0.39 is 23.4 Å². The highest BCUT2D eigenvalue weighted by molar-refractivity contribution is 5.95. The Morgan fingerprint density at radius 1 is 1.29 bits per heavy atom. The van der Waals surface area contributed by atoms with Crippen molar-refractivity contribution >= 4 is 11.9 Å². The molecule has 2 N–H and O–H groups in total. The predicted octanol–water partition coefficient (Wildman–Crippen LogP) is 2.32. The molecule has 6 nitrogen and oxygen atoms in total. The molecule has 2 unspecified atom stereocenters. The molecule has 6 heteroatoms. The summed E-state index contributed by atoms with van der Waals surface area (Å²) in [7, 11) is 0. The van der Waals surface area contributed by atoms with Crippen molar-refractivity contribution < 1.29 is 24.5 Å². The van der Waals surface area contributed by atoms with Crippen LogP contribution < -0.4 is 0 Å². The first kappa shape index (κ1) is 18.7. The fourth-order valence-electron chi connectivity index (χ4n) is 4.63. The highest BCUT2D eigenvalue weighted by Gasteiger charge is 2.58. The minimum atomic E-state index is -1.90. The van der Waals surface area contributed by atoms with Gasteiger partial charge in [0.15, 0.2) is 5.60 Å². The Bertz CT molecular complexity index is 887. The summed E-state index contributed by atoms with van der Waals surface area (Å²) in [5, 5.41) is 22.3. The number of aryl methyl sites for hydroxylation is 2. The van der Waals surface area contributed by atoms with Crippen LogP contribution in [0.15, 0.2) is 36.1 Å². The lowest BCUT2D eigenvalue weighted by molar-refractivity contribution is -0.153. The number of benzene rings is 1. The van der Waals surface area contributed by atoms with Gasteiger partial charge in [-0.15, -0.1) is 0 Å². The third kappa shape index (κ3) is 2.83. The van der Waals surface area contributed by atoms with E-state index in [2.05, 4.69) is 0 Å². The molecule has 0 bridgehead atoms. The molecule has 2 aliphatic carbocycles. The second-order valence-corrected chi connectivity index (χ2v) is 7.62. The van der Waals surface area contributed by atoms with E-state index in [0.717, 1.165) is 36.8 Å². The lowest BCUT2D eigenvalue weighted by Gasteiger charge is -2.30. The van der Waals surface area contributed by atoms with Crippen molar-refractivity contribution in [3.05, 3.63) is 52.7 Å². The second kappa shape index (κ2) is 7.09. The minimum absolute atomic E-state index is 0.0663. The molecule has 0 radical (unpaired) electrons. The van der Waals surface area contributed by atoms with Gasteiger partial charge in [0.2, 0.25) is 0 Å². The lowest BCUT2D eigenvalue weighted by atomic mass is 9.76.